The highest BCUT2D eigenvalue weighted by Gasteiger charge is 2.15. The van der Waals surface area contributed by atoms with Gasteiger partial charge in [-0.25, -0.2) is 0 Å². The van der Waals surface area contributed by atoms with Gasteiger partial charge in [0, 0.05) is 70.8 Å². The lowest BCUT2D eigenvalue weighted by atomic mass is 10.1. The highest BCUT2D eigenvalue weighted by Crippen LogP contribution is 2.25. The average molecular weight is 744 g/mol. The first kappa shape index (κ1) is 36.6. The van der Waals surface area contributed by atoms with E-state index < -0.39 is 0 Å². The van der Waals surface area contributed by atoms with Crippen LogP contribution in [0.5, 0.6) is 0 Å². The molecule has 1 atom stereocenters. The first-order valence-corrected chi connectivity index (χ1v) is 17.3. The van der Waals surface area contributed by atoms with Gasteiger partial charge in [0.2, 0.25) is 12.3 Å². The van der Waals surface area contributed by atoms with Crippen LogP contribution in [0.15, 0.2) is 151 Å². The number of nitrogens with zero attached hydrogens (tertiary/aromatic N) is 9. The second-order valence-corrected chi connectivity index (χ2v) is 12.3. The number of aliphatic hydroxyl groups excluding tert-OH is 1. The molecular weight excluding hydrogens is 711 g/mol. The molecule has 8 aromatic rings. The van der Waals surface area contributed by atoms with Crippen molar-refractivity contribution < 1.29 is 19.1 Å². The third-order valence-electron chi connectivity index (χ3n) is 8.39. The van der Waals surface area contributed by atoms with Gasteiger partial charge in [0.05, 0.1) is 12.6 Å². The number of hydrogen-bond acceptors (Lipinski definition) is 12. The van der Waals surface area contributed by atoms with Crippen LogP contribution in [0.4, 0.5) is 11.4 Å². The van der Waals surface area contributed by atoms with Gasteiger partial charge in [-0.2, -0.15) is 0 Å². The molecule has 56 heavy (non-hydrogen) atoms. The minimum atomic E-state index is -0.317. The molecule has 0 saturated carbocycles. The Morgan fingerprint density at radius 3 is 1.77 bits per heavy atom. The van der Waals surface area contributed by atoms with Crippen LogP contribution in [-0.4, -0.2) is 68.4 Å². The van der Waals surface area contributed by atoms with Crippen LogP contribution < -0.4 is 10.6 Å². The molecule has 0 bridgehead atoms. The first-order valence-electron chi connectivity index (χ1n) is 17.3. The number of hydrogen-bond donors (Lipinski definition) is 3. The highest BCUT2D eigenvalue weighted by molar-refractivity contribution is 6.04. The molecule has 0 aliphatic rings. The molecule has 0 saturated heterocycles. The SMILES string of the molecule is C[C@H](CO)n1cnnc1-c1cccc(NC(=O)c2cc(-c3cccnc3)ccn2)c1.O=C(Nc1cccc(-c2nnco2)c1)c1cc(-c2cccnc2)ccn1. The van der Waals surface area contributed by atoms with Gasteiger partial charge >= 0.3 is 0 Å². The Balaban J connectivity index is 0.000000173. The maximum absolute atomic E-state index is 12.8. The molecule has 0 aliphatic heterocycles. The predicted molar refractivity (Wildman–Crippen MR) is 208 cm³/mol. The topological polar surface area (TPSA) is 200 Å². The van der Waals surface area contributed by atoms with Gasteiger partial charge in [-0.05, 0) is 84.8 Å². The number of aliphatic hydroxyl groups is 1. The number of carbonyl (C=O) groups excluding carboxylic acids is 2. The predicted octanol–water partition coefficient (Wildman–Crippen LogP) is 6.65. The van der Waals surface area contributed by atoms with E-state index in [1.807, 2.05) is 67.6 Å². The Kier molecular flexibility index (Phi) is 11.3. The summed E-state index contributed by atoms with van der Waals surface area (Å²) in [6.07, 6.45) is 12.9. The quantitative estimate of drug-likeness (QED) is 0.135. The molecule has 0 fully saturated rings. The van der Waals surface area contributed by atoms with Crippen LogP contribution >= 0.6 is 0 Å². The molecule has 15 heteroatoms. The smallest absolute Gasteiger partial charge is 0.274 e. The van der Waals surface area contributed by atoms with Crippen LogP contribution in [0, 0.1) is 0 Å². The van der Waals surface area contributed by atoms with E-state index in [0.717, 1.165) is 33.4 Å². The fourth-order valence-corrected chi connectivity index (χ4v) is 5.55. The van der Waals surface area contributed by atoms with Gasteiger partial charge in [0.1, 0.15) is 17.7 Å². The second kappa shape index (κ2) is 17.4. The third-order valence-corrected chi connectivity index (χ3v) is 8.39. The zero-order valence-corrected chi connectivity index (χ0v) is 29.8. The van der Waals surface area contributed by atoms with E-state index in [2.05, 4.69) is 51.0 Å². The summed E-state index contributed by atoms with van der Waals surface area (Å²) in [7, 11) is 0. The van der Waals surface area contributed by atoms with Gasteiger partial charge < -0.3 is 24.7 Å². The number of rotatable bonds is 10. The molecule has 0 unspecified atom stereocenters. The number of pyridine rings is 4. The maximum atomic E-state index is 12.8. The van der Waals surface area contributed by atoms with Crippen LogP contribution in [0.2, 0.25) is 0 Å². The minimum absolute atomic E-state index is 0.0274. The molecule has 0 aliphatic carbocycles. The Morgan fingerprint density at radius 2 is 1.23 bits per heavy atom. The number of amides is 2. The van der Waals surface area contributed by atoms with Crippen molar-refractivity contribution >= 4 is 23.2 Å². The van der Waals surface area contributed by atoms with Crippen LogP contribution in [0.25, 0.3) is 45.1 Å². The molecular formula is C41H33N11O4. The van der Waals surface area contributed by atoms with E-state index in [9.17, 15) is 14.7 Å². The van der Waals surface area contributed by atoms with Crippen LogP contribution in [-0.2, 0) is 0 Å². The van der Waals surface area contributed by atoms with Crippen molar-refractivity contribution in [3.05, 3.63) is 158 Å². The molecule has 0 spiro atoms. The molecule has 6 heterocycles. The van der Waals surface area contributed by atoms with Gasteiger partial charge in [-0.1, -0.05) is 30.3 Å². The van der Waals surface area contributed by atoms with Gasteiger partial charge in [0.15, 0.2) is 5.82 Å². The van der Waals surface area contributed by atoms with Gasteiger partial charge in [-0.15, -0.1) is 20.4 Å². The van der Waals surface area contributed by atoms with E-state index >= 15 is 0 Å². The zero-order chi connectivity index (χ0) is 38.7. The van der Waals surface area contributed by atoms with Crippen molar-refractivity contribution in [2.75, 3.05) is 17.2 Å². The van der Waals surface area contributed by atoms with Crippen molar-refractivity contribution in [3.8, 4) is 45.1 Å². The molecule has 0 radical (unpaired) electrons. The Labute approximate surface area is 320 Å². The molecule has 8 rings (SSSR count). The Bertz CT molecular complexity index is 2550. The number of nitrogens with one attached hydrogen (secondary N) is 2. The van der Waals surface area contributed by atoms with E-state index in [-0.39, 0.29) is 24.5 Å². The van der Waals surface area contributed by atoms with Crippen molar-refractivity contribution in [1.82, 2.24) is 44.9 Å². The summed E-state index contributed by atoms with van der Waals surface area (Å²) in [5, 5.41) is 30.8. The van der Waals surface area contributed by atoms with Crippen molar-refractivity contribution in [2.45, 2.75) is 13.0 Å². The summed E-state index contributed by atoms with van der Waals surface area (Å²) in [6.45, 7) is 1.85. The zero-order valence-electron chi connectivity index (χ0n) is 29.8. The van der Waals surface area contributed by atoms with Crippen LogP contribution in [0.3, 0.4) is 0 Å². The summed E-state index contributed by atoms with van der Waals surface area (Å²) >= 11 is 0. The Morgan fingerprint density at radius 1 is 0.661 bits per heavy atom. The minimum Gasteiger partial charge on any atom is -0.423 e. The number of benzene rings is 2. The third kappa shape index (κ3) is 8.87. The van der Waals surface area contributed by atoms with E-state index in [0.29, 0.717) is 34.5 Å². The maximum Gasteiger partial charge on any atom is 0.274 e. The van der Waals surface area contributed by atoms with Gasteiger partial charge in [0.25, 0.3) is 11.8 Å². The van der Waals surface area contributed by atoms with Crippen molar-refractivity contribution in [2.24, 2.45) is 0 Å². The number of aromatic nitrogens is 9. The molecule has 276 valence electrons. The number of carbonyl (C=O) groups is 2. The van der Waals surface area contributed by atoms with E-state index in [1.54, 1.807) is 84.5 Å². The van der Waals surface area contributed by atoms with E-state index in [4.69, 9.17) is 4.42 Å². The lowest BCUT2D eigenvalue weighted by Crippen LogP contribution is -2.14. The molecule has 15 nitrogen and oxygen atoms in total. The highest BCUT2D eigenvalue weighted by atomic mass is 16.4. The average Bonchev–Trinajstić information content (AvgIpc) is 3.99. The summed E-state index contributed by atoms with van der Waals surface area (Å²) < 4.78 is 6.97. The van der Waals surface area contributed by atoms with Crippen molar-refractivity contribution in [3.63, 3.8) is 0 Å². The largest absolute Gasteiger partial charge is 0.423 e. The summed E-state index contributed by atoms with van der Waals surface area (Å²) in [6, 6.07) is 29.0. The normalized spacial score (nSPS) is 11.2. The molecule has 2 aromatic carbocycles. The van der Waals surface area contributed by atoms with E-state index in [1.165, 1.54) is 6.39 Å². The first-order chi connectivity index (χ1) is 27.4. The fraction of sp³-hybridized carbons (Fsp3) is 0.0732. The monoisotopic (exact) mass is 743 g/mol. The van der Waals surface area contributed by atoms with Gasteiger partial charge in [-0.3, -0.25) is 29.5 Å². The lowest BCUT2D eigenvalue weighted by Gasteiger charge is -2.13. The van der Waals surface area contributed by atoms with Crippen molar-refractivity contribution in [1.29, 1.82) is 0 Å². The standard InChI is InChI=1S/C22H20N6O2.C19H13N5O2/c1-15(13-29)28-14-25-27-21(28)17-4-2-6-19(10-17)26-22(30)20-11-16(7-9-24-20)18-5-3-8-23-12-18;25-18(17-10-13(6-8-21-17)15-4-2-7-20-11-15)23-16-5-1-3-14(9-16)19-24-22-12-26-19/h2-12,14-15,29H,13H2,1H3,(H,26,30);1-12H,(H,23,25)/t15-;/m1./s1. The second-order valence-electron chi connectivity index (χ2n) is 12.3. The number of anilines is 2. The summed E-state index contributed by atoms with van der Waals surface area (Å²) in [5.74, 6) is 0.378. The molecule has 2 amide bonds. The fourth-order valence-electron chi connectivity index (χ4n) is 5.55. The Hall–Kier alpha value is -7.78. The summed E-state index contributed by atoms with van der Waals surface area (Å²) in [5.41, 5.74) is 6.90. The molecule has 6 aromatic heterocycles. The van der Waals surface area contributed by atoms with Crippen LogP contribution in [0.1, 0.15) is 33.9 Å². The summed E-state index contributed by atoms with van der Waals surface area (Å²) in [4.78, 5) is 41.9. The lowest BCUT2D eigenvalue weighted by molar-refractivity contribution is 0.101. The molecule has 3 N–H and O–H groups in total.